The average Bonchev–Trinajstić information content (AvgIpc) is 2.12. The second-order valence-corrected chi connectivity index (χ2v) is 4.21. The fraction of sp³-hybridized carbons (Fsp3) is 0.400. The Bertz CT molecular complexity index is 338. The van der Waals surface area contributed by atoms with Crippen LogP contribution < -0.4 is 10.5 Å². The Morgan fingerprint density at radius 1 is 1.54 bits per heavy atom. The maximum Gasteiger partial charge on any atom is 0.128 e. The molecule has 70 valence electrons. The fourth-order valence-corrected chi connectivity index (χ4v) is 2.26. The van der Waals surface area contributed by atoms with Crippen LogP contribution in [0.1, 0.15) is 23.6 Å². The van der Waals surface area contributed by atoms with Gasteiger partial charge in [0.25, 0.3) is 0 Å². The van der Waals surface area contributed by atoms with Crippen molar-refractivity contribution in [2.24, 2.45) is 5.73 Å². The highest BCUT2D eigenvalue weighted by Crippen LogP contribution is 2.38. The molecular formula is C10H12BrNO. The Hall–Kier alpha value is -0.540. The Morgan fingerprint density at radius 3 is 3.00 bits per heavy atom. The molecule has 0 spiro atoms. The number of nitrogens with two attached hydrogens (primary N) is 1. The molecule has 1 aliphatic rings. The third-order valence-corrected chi connectivity index (χ3v) is 3.08. The number of hydrogen-bond acceptors (Lipinski definition) is 2. The highest BCUT2D eigenvalue weighted by molar-refractivity contribution is 9.10. The van der Waals surface area contributed by atoms with E-state index in [1.807, 2.05) is 19.1 Å². The third kappa shape index (κ3) is 1.46. The Balaban J connectivity index is 2.60. The van der Waals surface area contributed by atoms with Gasteiger partial charge < -0.3 is 10.5 Å². The lowest BCUT2D eigenvalue weighted by Gasteiger charge is -2.25. The van der Waals surface area contributed by atoms with Crippen LogP contribution in [0.5, 0.6) is 5.75 Å². The molecule has 0 aliphatic carbocycles. The number of aryl methyl sites for hydroxylation is 1. The van der Waals surface area contributed by atoms with E-state index in [2.05, 4.69) is 15.9 Å². The number of ether oxygens (including phenoxy) is 1. The van der Waals surface area contributed by atoms with Crippen LogP contribution in [0.2, 0.25) is 0 Å². The van der Waals surface area contributed by atoms with Crippen LogP contribution >= 0.6 is 15.9 Å². The quantitative estimate of drug-likeness (QED) is 0.758. The minimum atomic E-state index is 0.109. The Labute approximate surface area is 86.2 Å². The van der Waals surface area contributed by atoms with Gasteiger partial charge in [0.1, 0.15) is 5.75 Å². The van der Waals surface area contributed by atoms with Gasteiger partial charge in [-0.2, -0.15) is 0 Å². The van der Waals surface area contributed by atoms with Crippen molar-refractivity contribution in [2.75, 3.05) is 6.61 Å². The van der Waals surface area contributed by atoms with Crippen LogP contribution in [0.3, 0.4) is 0 Å². The molecule has 1 aromatic rings. The topological polar surface area (TPSA) is 35.2 Å². The van der Waals surface area contributed by atoms with E-state index >= 15 is 0 Å². The maximum absolute atomic E-state index is 6.01. The molecule has 1 unspecified atom stereocenters. The lowest BCUT2D eigenvalue weighted by Crippen LogP contribution is -2.21. The normalized spacial score (nSPS) is 20.7. The van der Waals surface area contributed by atoms with E-state index in [1.165, 1.54) is 0 Å². The maximum atomic E-state index is 6.01. The summed E-state index contributed by atoms with van der Waals surface area (Å²) in [5.74, 6) is 0.966. The molecule has 0 saturated heterocycles. The van der Waals surface area contributed by atoms with Crippen LogP contribution in [0.4, 0.5) is 0 Å². The summed E-state index contributed by atoms with van der Waals surface area (Å²) in [6.45, 7) is 2.77. The molecule has 2 rings (SSSR count). The number of rotatable bonds is 0. The standard InChI is InChI=1S/C10H12BrNO/c1-6-2-3-7(11)9-8(12)4-5-13-10(6)9/h2-3,8H,4-5,12H2,1H3. The molecule has 0 radical (unpaired) electrons. The number of fused-ring (bicyclic) bond motifs is 1. The molecule has 3 heteroatoms. The first-order valence-electron chi connectivity index (χ1n) is 4.37. The van der Waals surface area contributed by atoms with Crippen molar-refractivity contribution in [1.82, 2.24) is 0 Å². The van der Waals surface area contributed by atoms with Crippen LogP contribution in [-0.4, -0.2) is 6.61 Å². The van der Waals surface area contributed by atoms with Gasteiger partial charge in [0.2, 0.25) is 0 Å². The van der Waals surface area contributed by atoms with E-state index in [1.54, 1.807) is 0 Å². The lowest BCUT2D eigenvalue weighted by atomic mass is 9.99. The lowest BCUT2D eigenvalue weighted by molar-refractivity contribution is 0.266. The smallest absolute Gasteiger partial charge is 0.128 e. The molecular weight excluding hydrogens is 230 g/mol. The van der Waals surface area contributed by atoms with Gasteiger partial charge in [0.15, 0.2) is 0 Å². The minimum Gasteiger partial charge on any atom is -0.493 e. The zero-order valence-corrected chi connectivity index (χ0v) is 9.10. The Kier molecular flexibility index (Phi) is 2.30. The zero-order chi connectivity index (χ0) is 9.42. The van der Waals surface area contributed by atoms with Crippen molar-refractivity contribution in [3.05, 3.63) is 27.7 Å². The van der Waals surface area contributed by atoms with E-state index in [9.17, 15) is 0 Å². The van der Waals surface area contributed by atoms with Crippen LogP contribution in [0.25, 0.3) is 0 Å². The monoisotopic (exact) mass is 241 g/mol. The van der Waals surface area contributed by atoms with Crippen LogP contribution in [0, 0.1) is 6.92 Å². The molecule has 1 aromatic carbocycles. The van der Waals surface area contributed by atoms with E-state index in [0.717, 1.165) is 34.4 Å². The summed E-state index contributed by atoms with van der Waals surface area (Å²) in [5.41, 5.74) is 8.28. The van der Waals surface area contributed by atoms with Gasteiger partial charge in [-0.25, -0.2) is 0 Å². The highest BCUT2D eigenvalue weighted by atomic mass is 79.9. The predicted molar refractivity (Wildman–Crippen MR) is 55.9 cm³/mol. The summed E-state index contributed by atoms with van der Waals surface area (Å²) in [5, 5.41) is 0. The van der Waals surface area contributed by atoms with Gasteiger partial charge >= 0.3 is 0 Å². The first kappa shape index (κ1) is 9.03. The molecule has 0 bridgehead atoms. The largest absolute Gasteiger partial charge is 0.493 e. The number of halogens is 1. The van der Waals surface area contributed by atoms with Gasteiger partial charge in [0.05, 0.1) is 6.61 Å². The van der Waals surface area contributed by atoms with Crippen LogP contribution in [-0.2, 0) is 0 Å². The molecule has 0 fully saturated rings. The van der Waals surface area contributed by atoms with Gasteiger partial charge in [-0.15, -0.1) is 0 Å². The fourth-order valence-electron chi connectivity index (χ4n) is 1.65. The van der Waals surface area contributed by atoms with Crippen molar-refractivity contribution in [1.29, 1.82) is 0 Å². The molecule has 1 atom stereocenters. The average molecular weight is 242 g/mol. The molecule has 0 saturated carbocycles. The summed E-state index contributed by atoms with van der Waals surface area (Å²) >= 11 is 3.50. The van der Waals surface area contributed by atoms with Gasteiger partial charge in [-0.3, -0.25) is 0 Å². The van der Waals surface area contributed by atoms with Crippen molar-refractivity contribution < 1.29 is 4.74 Å². The first-order chi connectivity index (χ1) is 6.20. The highest BCUT2D eigenvalue weighted by Gasteiger charge is 2.21. The second-order valence-electron chi connectivity index (χ2n) is 3.35. The van der Waals surface area contributed by atoms with Crippen LogP contribution in [0.15, 0.2) is 16.6 Å². The van der Waals surface area contributed by atoms with Gasteiger partial charge in [0, 0.05) is 22.5 Å². The minimum absolute atomic E-state index is 0.109. The number of hydrogen-bond donors (Lipinski definition) is 1. The van der Waals surface area contributed by atoms with E-state index in [0.29, 0.717) is 0 Å². The Morgan fingerprint density at radius 2 is 2.31 bits per heavy atom. The summed E-state index contributed by atoms with van der Waals surface area (Å²) < 4.78 is 6.65. The van der Waals surface area contributed by atoms with Crippen molar-refractivity contribution in [3.8, 4) is 5.75 Å². The first-order valence-corrected chi connectivity index (χ1v) is 5.17. The van der Waals surface area contributed by atoms with Crippen molar-refractivity contribution in [2.45, 2.75) is 19.4 Å². The molecule has 0 aromatic heterocycles. The molecule has 0 amide bonds. The van der Waals surface area contributed by atoms with E-state index in [-0.39, 0.29) is 6.04 Å². The van der Waals surface area contributed by atoms with Gasteiger partial charge in [-0.05, 0) is 18.6 Å². The van der Waals surface area contributed by atoms with Crippen molar-refractivity contribution in [3.63, 3.8) is 0 Å². The molecule has 1 heterocycles. The zero-order valence-electron chi connectivity index (χ0n) is 7.51. The second kappa shape index (κ2) is 3.31. The summed E-state index contributed by atoms with van der Waals surface area (Å²) in [6, 6.07) is 4.18. The SMILES string of the molecule is Cc1ccc(Br)c2c1OCCC2N. The van der Waals surface area contributed by atoms with Gasteiger partial charge in [-0.1, -0.05) is 22.0 Å². The predicted octanol–water partition coefficient (Wildman–Crippen LogP) is 2.54. The molecule has 1 aliphatic heterocycles. The molecule has 13 heavy (non-hydrogen) atoms. The summed E-state index contributed by atoms with van der Waals surface area (Å²) in [6.07, 6.45) is 0.898. The van der Waals surface area contributed by atoms with Crippen molar-refractivity contribution >= 4 is 15.9 Å². The summed E-state index contributed by atoms with van der Waals surface area (Å²) in [7, 11) is 0. The van der Waals surface area contributed by atoms with E-state index in [4.69, 9.17) is 10.5 Å². The molecule has 2 N–H and O–H groups in total. The van der Waals surface area contributed by atoms with E-state index < -0.39 is 0 Å². The molecule has 2 nitrogen and oxygen atoms in total. The third-order valence-electron chi connectivity index (χ3n) is 2.39. The summed E-state index contributed by atoms with van der Waals surface area (Å²) in [4.78, 5) is 0. The number of benzene rings is 1.